The third-order valence-electron chi connectivity index (χ3n) is 6.31. The number of benzene rings is 1. The Bertz CT molecular complexity index is 671. The van der Waals surface area contributed by atoms with Gasteiger partial charge in [-0.15, -0.1) is 0 Å². The van der Waals surface area contributed by atoms with Crippen molar-refractivity contribution in [2.75, 3.05) is 32.8 Å². The lowest BCUT2D eigenvalue weighted by atomic mass is 9.91. The van der Waals surface area contributed by atoms with Crippen molar-refractivity contribution in [1.29, 1.82) is 0 Å². The van der Waals surface area contributed by atoms with Gasteiger partial charge in [0.15, 0.2) is 0 Å². The number of carbonyl (C=O) groups excluding carboxylic acids is 1. The highest BCUT2D eigenvalue weighted by molar-refractivity contribution is 5.79. The zero-order chi connectivity index (χ0) is 18.8. The molecule has 0 radical (unpaired) electrons. The van der Waals surface area contributed by atoms with Crippen LogP contribution in [0.4, 0.5) is 4.39 Å². The molecule has 1 aromatic carbocycles. The second-order valence-electron chi connectivity index (χ2n) is 8.27. The van der Waals surface area contributed by atoms with Crippen LogP contribution in [0.25, 0.3) is 0 Å². The summed E-state index contributed by atoms with van der Waals surface area (Å²) in [5, 5.41) is 12.7. The van der Waals surface area contributed by atoms with Gasteiger partial charge in [-0.05, 0) is 68.2 Å². The third-order valence-corrected chi connectivity index (χ3v) is 6.31. The van der Waals surface area contributed by atoms with Crippen LogP contribution in [0.1, 0.15) is 31.2 Å². The van der Waals surface area contributed by atoms with Gasteiger partial charge in [0, 0.05) is 19.2 Å². The van der Waals surface area contributed by atoms with Crippen LogP contribution in [0.3, 0.4) is 0 Å². The molecule has 27 heavy (non-hydrogen) atoms. The number of β-amino-alcohol motifs (C(OH)–C–C–N with tert-alkyl or cyclic N) is 1. The van der Waals surface area contributed by atoms with Gasteiger partial charge in [0.2, 0.25) is 5.91 Å². The monoisotopic (exact) mass is 376 g/mol. The first-order chi connectivity index (χ1) is 13.1. The molecule has 1 aliphatic carbocycles. The first-order valence-electron chi connectivity index (χ1n) is 10.2. The molecule has 2 aliphatic heterocycles. The molecular formula is C21H29FN2O3. The molecule has 1 amide bonds. The lowest BCUT2D eigenvalue weighted by molar-refractivity contribution is -0.140. The van der Waals surface area contributed by atoms with E-state index in [-0.39, 0.29) is 12.3 Å². The number of hydrogen-bond acceptors (Lipinski definition) is 4. The Hall–Kier alpha value is -1.66. The number of aliphatic hydroxyl groups is 1. The van der Waals surface area contributed by atoms with Crippen LogP contribution >= 0.6 is 0 Å². The number of piperidine rings is 1. The first kappa shape index (κ1) is 18.7. The molecule has 3 fully saturated rings. The van der Waals surface area contributed by atoms with Crippen molar-refractivity contribution in [3.8, 4) is 5.75 Å². The van der Waals surface area contributed by atoms with E-state index in [1.54, 1.807) is 17.0 Å². The van der Waals surface area contributed by atoms with E-state index in [4.69, 9.17) is 4.74 Å². The highest BCUT2D eigenvalue weighted by Gasteiger charge is 2.42. The normalized spacial score (nSPS) is 25.9. The molecule has 2 heterocycles. The van der Waals surface area contributed by atoms with Crippen molar-refractivity contribution in [2.45, 2.75) is 38.2 Å². The summed E-state index contributed by atoms with van der Waals surface area (Å²) in [7, 11) is 0. The predicted molar refractivity (Wildman–Crippen MR) is 100.0 cm³/mol. The zero-order valence-electron chi connectivity index (χ0n) is 15.7. The van der Waals surface area contributed by atoms with E-state index >= 15 is 0 Å². The molecule has 0 aromatic heterocycles. The van der Waals surface area contributed by atoms with Gasteiger partial charge in [0.1, 0.15) is 11.6 Å². The summed E-state index contributed by atoms with van der Waals surface area (Å²) in [4.78, 5) is 13.6. The number of aliphatic hydroxyl groups excluding tert-OH is 1. The van der Waals surface area contributed by atoms with Crippen LogP contribution in [0.2, 0.25) is 0 Å². The van der Waals surface area contributed by atoms with Crippen molar-refractivity contribution < 1.29 is 19.0 Å². The van der Waals surface area contributed by atoms with E-state index < -0.39 is 11.9 Å². The average molecular weight is 376 g/mol. The number of amides is 1. The SMILES string of the molecule is O=C(Cc1ccc(OCCC2CC2C2CCNCC2)cc1F)N1CC(O)C1. The van der Waals surface area contributed by atoms with Crippen LogP contribution in [-0.4, -0.2) is 54.8 Å². The van der Waals surface area contributed by atoms with Crippen molar-refractivity contribution in [3.05, 3.63) is 29.6 Å². The van der Waals surface area contributed by atoms with Crippen LogP contribution < -0.4 is 10.1 Å². The molecular weight excluding hydrogens is 347 g/mol. The van der Waals surface area contributed by atoms with Gasteiger partial charge in [0.05, 0.1) is 19.1 Å². The fraction of sp³-hybridized carbons (Fsp3) is 0.667. The molecule has 1 saturated carbocycles. The second kappa shape index (κ2) is 8.15. The summed E-state index contributed by atoms with van der Waals surface area (Å²) in [6.45, 7) is 3.62. The molecule has 2 saturated heterocycles. The van der Waals surface area contributed by atoms with Crippen molar-refractivity contribution in [3.63, 3.8) is 0 Å². The number of carbonyl (C=O) groups is 1. The van der Waals surface area contributed by atoms with E-state index in [0.29, 0.717) is 31.0 Å². The van der Waals surface area contributed by atoms with Crippen LogP contribution in [-0.2, 0) is 11.2 Å². The zero-order valence-corrected chi connectivity index (χ0v) is 15.7. The molecule has 2 unspecified atom stereocenters. The lowest BCUT2D eigenvalue weighted by Gasteiger charge is -2.35. The molecule has 5 nitrogen and oxygen atoms in total. The quantitative estimate of drug-likeness (QED) is 0.764. The van der Waals surface area contributed by atoms with Gasteiger partial charge in [0.25, 0.3) is 0 Å². The number of nitrogens with one attached hydrogen (secondary N) is 1. The fourth-order valence-electron chi connectivity index (χ4n) is 4.48. The molecule has 0 spiro atoms. The highest BCUT2D eigenvalue weighted by Crippen LogP contribution is 2.49. The molecule has 3 aliphatic rings. The topological polar surface area (TPSA) is 61.8 Å². The number of ether oxygens (including phenoxy) is 1. The van der Waals surface area contributed by atoms with Crippen molar-refractivity contribution >= 4 is 5.91 Å². The number of nitrogens with zero attached hydrogens (tertiary/aromatic N) is 1. The van der Waals surface area contributed by atoms with Crippen LogP contribution in [0.5, 0.6) is 5.75 Å². The Morgan fingerprint density at radius 1 is 1.30 bits per heavy atom. The first-order valence-corrected chi connectivity index (χ1v) is 10.2. The Labute approximate surface area is 159 Å². The minimum Gasteiger partial charge on any atom is -0.493 e. The minimum atomic E-state index is -0.435. The van der Waals surface area contributed by atoms with E-state index in [2.05, 4.69) is 5.32 Å². The van der Waals surface area contributed by atoms with Gasteiger partial charge in [-0.2, -0.15) is 0 Å². The summed E-state index contributed by atoms with van der Waals surface area (Å²) in [5.41, 5.74) is 0.377. The number of hydrogen-bond donors (Lipinski definition) is 2. The predicted octanol–water partition coefficient (Wildman–Crippen LogP) is 1.98. The van der Waals surface area contributed by atoms with Crippen LogP contribution in [0, 0.1) is 23.6 Å². The summed E-state index contributed by atoms with van der Waals surface area (Å²) in [6, 6.07) is 4.76. The largest absolute Gasteiger partial charge is 0.493 e. The standard InChI is InChI=1S/C21H29FN2O3/c22-20-11-18(2-1-16(20)10-21(26)24-12-17(25)13-24)27-8-5-15-9-19(15)14-3-6-23-7-4-14/h1-2,11,14-15,17,19,23,25H,3-10,12-13H2. The van der Waals surface area contributed by atoms with Gasteiger partial charge in [-0.3, -0.25) is 4.79 Å². The molecule has 4 rings (SSSR count). The van der Waals surface area contributed by atoms with Gasteiger partial charge in [-0.1, -0.05) is 6.07 Å². The second-order valence-corrected chi connectivity index (χ2v) is 8.27. The van der Waals surface area contributed by atoms with Gasteiger partial charge >= 0.3 is 0 Å². The molecule has 6 heteroatoms. The smallest absolute Gasteiger partial charge is 0.227 e. The maximum atomic E-state index is 14.3. The third kappa shape index (κ3) is 4.61. The number of halogens is 1. The maximum Gasteiger partial charge on any atom is 0.227 e. The average Bonchev–Trinajstić information content (AvgIpc) is 3.41. The summed E-state index contributed by atoms with van der Waals surface area (Å²) >= 11 is 0. The highest BCUT2D eigenvalue weighted by atomic mass is 19.1. The fourth-order valence-corrected chi connectivity index (χ4v) is 4.48. The van der Waals surface area contributed by atoms with Gasteiger partial charge < -0.3 is 20.1 Å². The van der Waals surface area contributed by atoms with E-state index in [1.165, 1.54) is 25.3 Å². The van der Waals surface area contributed by atoms with Crippen molar-refractivity contribution in [2.24, 2.45) is 17.8 Å². The Morgan fingerprint density at radius 3 is 2.78 bits per heavy atom. The summed E-state index contributed by atoms with van der Waals surface area (Å²) in [6.07, 6.45) is 4.53. The van der Waals surface area contributed by atoms with Crippen molar-refractivity contribution in [1.82, 2.24) is 10.2 Å². The summed E-state index contributed by atoms with van der Waals surface area (Å²) < 4.78 is 20.0. The van der Waals surface area contributed by atoms with Crippen LogP contribution in [0.15, 0.2) is 18.2 Å². The van der Waals surface area contributed by atoms with Gasteiger partial charge in [-0.25, -0.2) is 4.39 Å². The minimum absolute atomic E-state index is 0.0266. The van der Waals surface area contributed by atoms with E-state index in [0.717, 1.165) is 37.3 Å². The Balaban J connectivity index is 1.20. The number of rotatable bonds is 7. The van der Waals surface area contributed by atoms with E-state index in [1.807, 2.05) is 0 Å². The molecule has 1 aromatic rings. The molecule has 0 bridgehead atoms. The molecule has 148 valence electrons. The molecule has 2 N–H and O–H groups in total. The number of likely N-dealkylation sites (tertiary alicyclic amines) is 1. The summed E-state index contributed by atoms with van der Waals surface area (Å²) in [5.74, 6) is 2.48. The lowest BCUT2D eigenvalue weighted by Crippen LogP contribution is -2.54. The maximum absolute atomic E-state index is 14.3. The molecule has 2 atom stereocenters. The Morgan fingerprint density at radius 2 is 2.07 bits per heavy atom. The Kier molecular flexibility index (Phi) is 5.64. The van der Waals surface area contributed by atoms with E-state index in [9.17, 15) is 14.3 Å².